The van der Waals surface area contributed by atoms with Gasteiger partial charge in [0.05, 0.1) is 0 Å². The van der Waals surface area contributed by atoms with Gasteiger partial charge >= 0.3 is 0 Å². The standard InChI is InChI=1S/C15H8BrClFNO/c16-9-3-8(4-11(18)5-9)15(20)13-7-19-14-6-10(17)1-2-12(13)14/h1-7,19H. The molecule has 0 aliphatic rings. The molecule has 0 unspecified atom stereocenters. The van der Waals surface area contributed by atoms with Gasteiger partial charge in [0.15, 0.2) is 5.78 Å². The van der Waals surface area contributed by atoms with Crippen LogP contribution in [0.5, 0.6) is 0 Å². The Morgan fingerprint density at radius 1 is 1.20 bits per heavy atom. The number of carbonyl (C=O) groups excluding carboxylic acids is 1. The topological polar surface area (TPSA) is 32.9 Å². The van der Waals surface area contributed by atoms with E-state index in [4.69, 9.17) is 11.6 Å². The number of fused-ring (bicyclic) bond motifs is 1. The first-order chi connectivity index (χ1) is 9.54. The van der Waals surface area contributed by atoms with Crippen LogP contribution in [-0.4, -0.2) is 10.8 Å². The lowest BCUT2D eigenvalue weighted by molar-refractivity contribution is 0.104. The number of rotatable bonds is 2. The molecule has 0 radical (unpaired) electrons. The van der Waals surface area contributed by atoms with Crippen LogP contribution in [-0.2, 0) is 0 Å². The largest absolute Gasteiger partial charge is 0.360 e. The molecule has 0 saturated heterocycles. The molecule has 3 aromatic rings. The van der Waals surface area contributed by atoms with Gasteiger partial charge in [-0.2, -0.15) is 0 Å². The van der Waals surface area contributed by atoms with Crippen molar-refractivity contribution < 1.29 is 9.18 Å². The lowest BCUT2D eigenvalue weighted by Crippen LogP contribution is -2.01. The normalized spacial score (nSPS) is 10.9. The highest BCUT2D eigenvalue weighted by Gasteiger charge is 2.15. The third-order valence-electron chi connectivity index (χ3n) is 3.01. The Morgan fingerprint density at radius 3 is 2.75 bits per heavy atom. The van der Waals surface area contributed by atoms with Gasteiger partial charge in [-0.05, 0) is 30.3 Å². The minimum absolute atomic E-state index is 0.237. The van der Waals surface area contributed by atoms with E-state index in [1.54, 1.807) is 30.5 Å². The van der Waals surface area contributed by atoms with Crippen molar-refractivity contribution in [1.82, 2.24) is 4.98 Å². The highest BCUT2D eigenvalue weighted by Crippen LogP contribution is 2.25. The summed E-state index contributed by atoms with van der Waals surface area (Å²) in [6, 6.07) is 9.37. The summed E-state index contributed by atoms with van der Waals surface area (Å²) in [5.41, 5.74) is 1.57. The van der Waals surface area contributed by atoms with Crippen molar-refractivity contribution in [1.29, 1.82) is 0 Å². The molecule has 20 heavy (non-hydrogen) atoms. The summed E-state index contributed by atoms with van der Waals surface area (Å²) in [5.74, 6) is -0.690. The van der Waals surface area contributed by atoms with E-state index >= 15 is 0 Å². The van der Waals surface area contributed by atoms with Gasteiger partial charge in [-0.25, -0.2) is 4.39 Å². The number of nitrogens with one attached hydrogen (secondary N) is 1. The first-order valence-corrected chi connectivity index (χ1v) is 6.99. The number of aromatic nitrogens is 1. The number of halogens is 3. The first kappa shape index (κ1) is 13.3. The van der Waals surface area contributed by atoms with Crippen molar-refractivity contribution in [2.24, 2.45) is 0 Å². The fourth-order valence-corrected chi connectivity index (χ4v) is 2.76. The minimum atomic E-state index is -0.453. The summed E-state index contributed by atoms with van der Waals surface area (Å²) in [7, 11) is 0. The Balaban J connectivity index is 2.12. The fourth-order valence-electron chi connectivity index (χ4n) is 2.13. The van der Waals surface area contributed by atoms with E-state index in [1.807, 2.05) is 0 Å². The summed E-state index contributed by atoms with van der Waals surface area (Å²) in [6.45, 7) is 0. The van der Waals surface area contributed by atoms with E-state index in [0.29, 0.717) is 20.6 Å². The third-order valence-corrected chi connectivity index (χ3v) is 3.71. The van der Waals surface area contributed by atoms with Gasteiger partial charge < -0.3 is 4.98 Å². The highest BCUT2D eigenvalue weighted by atomic mass is 79.9. The molecule has 0 spiro atoms. The molecule has 100 valence electrons. The Bertz CT molecular complexity index is 808. The predicted octanol–water partition coefficient (Wildman–Crippen LogP) is 4.95. The van der Waals surface area contributed by atoms with Gasteiger partial charge in [-0.3, -0.25) is 4.79 Å². The van der Waals surface area contributed by atoms with Gasteiger partial charge in [0.1, 0.15) is 5.82 Å². The molecule has 0 atom stereocenters. The highest BCUT2D eigenvalue weighted by molar-refractivity contribution is 9.10. The number of hydrogen-bond acceptors (Lipinski definition) is 1. The molecule has 2 aromatic carbocycles. The molecule has 2 nitrogen and oxygen atoms in total. The molecule has 3 rings (SSSR count). The van der Waals surface area contributed by atoms with Gasteiger partial charge in [-0.15, -0.1) is 0 Å². The second kappa shape index (κ2) is 5.04. The van der Waals surface area contributed by atoms with Crippen LogP contribution in [0, 0.1) is 5.82 Å². The lowest BCUT2D eigenvalue weighted by atomic mass is 10.0. The smallest absolute Gasteiger partial charge is 0.195 e. The van der Waals surface area contributed by atoms with Crippen LogP contribution < -0.4 is 0 Å². The van der Waals surface area contributed by atoms with Crippen LogP contribution in [0.15, 0.2) is 47.1 Å². The third kappa shape index (κ3) is 2.37. The number of carbonyl (C=O) groups is 1. The molecule has 1 N–H and O–H groups in total. The molecular weight excluding hydrogens is 345 g/mol. The van der Waals surface area contributed by atoms with Gasteiger partial charge in [0.25, 0.3) is 0 Å². The zero-order valence-electron chi connectivity index (χ0n) is 10.1. The van der Waals surface area contributed by atoms with E-state index in [2.05, 4.69) is 20.9 Å². The summed E-state index contributed by atoms with van der Waals surface area (Å²) >= 11 is 9.09. The molecule has 0 amide bonds. The van der Waals surface area contributed by atoms with Crippen LogP contribution in [0.25, 0.3) is 10.9 Å². The van der Waals surface area contributed by atoms with Crippen LogP contribution in [0.2, 0.25) is 5.02 Å². The Kier molecular flexibility index (Phi) is 3.36. The Morgan fingerprint density at radius 2 is 2.00 bits per heavy atom. The average molecular weight is 353 g/mol. The SMILES string of the molecule is O=C(c1cc(F)cc(Br)c1)c1c[nH]c2cc(Cl)ccc12. The van der Waals surface area contributed by atoms with E-state index in [1.165, 1.54) is 12.1 Å². The molecule has 0 fully saturated rings. The number of hydrogen-bond donors (Lipinski definition) is 1. The van der Waals surface area contributed by atoms with Crippen molar-refractivity contribution in [3.8, 4) is 0 Å². The molecule has 0 aliphatic carbocycles. The maximum absolute atomic E-state index is 13.4. The average Bonchev–Trinajstić information content (AvgIpc) is 2.79. The summed E-state index contributed by atoms with van der Waals surface area (Å²) in [4.78, 5) is 15.5. The van der Waals surface area contributed by atoms with Crippen molar-refractivity contribution in [3.63, 3.8) is 0 Å². The molecule has 0 bridgehead atoms. The quantitative estimate of drug-likeness (QED) is 0.650. The van der Waals surface area contributed by atoms with Crippen LogP contribution in [0.1, 0.15) is 15.9 Å². The van der Waals surface area contributed by atoms with E-state index in [9.17, 15) is 9.18 Å². The van der Waals surface area contributed by atoms with Gasteiger partial charge in [-0.1, -0.05) is 33.6 Å². The van der Waals surface area contributed by atoms with Crippen LogP contribution in [0.3, 0.4) is 0 Å². The van der Waals surface area contributed by atoms with E-state index in [-0.39, 0.29) is 5.78 Å². The number of aromatic amines is 1. The first-order valence-electron chi connectivity index (χ1n) is 5.82. The van der Waals surface area contributed by atoms with Crippen molar-refractivity contribution in [2.75, 3.05) is 0 Å². The molecule has 0 aliphatic heterocycles. The van der Waals surface area contributed by atoms with Crippen LogP contribution >= 0.6 is 27.5 Å². The zero-order valence-corrected chi connectivity index (χ0v) is 12.4. The predicted molar refractivity (Wildman–Crippen MR) is 80.8 cm³/mol. The van der Waals surface area contributed by atoms with Crippen molar-refractivity contribution in [2.45, 2.75) is 0 Å². The van der Waals surface area contributed by atoms with Crippen LogP contribution in [0.4, 0.5) is 4.39 Å². The Labute approximate surface area is 127 Å². The van der Waals surface area contributed by atoms with Gasteiger partial charge in [0.2, 0.25) is 0 Å². The molecular formula is C15H8BrClFNO. The number of benzene rings is 2. The maximum atomic E-state index is 13.4. The lowest BCUT2D eigenvalue weighted by Gasteiger charge is -2.01. The summed E-state index contributed by atoms with van der Waals surface area (Å²) in [6.07, 6.45) is 1.61. The van der Waals surface area contributed by atoms with Crippen molar-refractivity contribution >= 4 is 44.2 Å². The van der Waals surface area contributed by atoms with Crippen molar-refractivity contribution in [3.05, 3.63) is 69.0 Å². The summed E-state index contributed by atoms with van der Waals surface area (Å²) in [5, 5.41) is 1.35. The maximum Gasteiger partial charge on any atom is 0.195 e. The molecule has 1 heterocycles. The number of H-pyrrole nitrogens is 1. The minimum Gasteiger partial charge on any atom is -0.360 e. The zero-order chi connectivity index (χ0) is 14.3. The molecule has 1 aromatic heterocycles. The van der Waals surface area contributed by atoms with Gasteiger partial charge in [0, 0.05) is 37.7 Å². The second-order valence-corrected chi connectivity index (χ2v) is 5.73. The van der Waals surface area contributed by atoms with E-state index in [0.717, 1.165) is 10.9 Å². The van der Waals surface area contributed by atoms with E-state index < -0.39 is 5.82 Å². The molecule has 0 saturated carbocycles. The fraction of sp³-hybridized carbons (Fsp3) is 0. The second-order valence-electron chi connectivity index (χ2n) is 4.38. The summed E-state index contributed by atoms with van der Waals surface area (Å²) < 4.78 is 13.9. The molecule has 5 heteroatoms. The monoisotopic (exact) mass is 351 g/mol. The Hall–Kier alpha value is -1.65. The number of ketones is 1.